The van der Waals surface area contributed by atoms with Crippen molar-refractivity contribution in [1.82, 2.24) is 0 Å². The Kier molecular flexibility index (Phi) is 15.8. The lowest BCUT2D eigenvalue weighted by Crippen LogP contribution is -2.03. The van der Waals surface area contributed by atoms with E-state index in [0.29, 0.717) is 38.5 Å². The van der Waals surface area contributed by atoms with Crippen molar-refractivity contribution >= 4 is 22.7 Å². The molecular formula is C62H60N4O8. The predicted molar refractivity (Wildman–Crippen MR) is 289 cm³/mol. The van der Waals surface area contributed by atoms with Gasteiger partial charge in [-0.15, -0.1) is 0 Å². The van der Waals surface area contributed by atoms with Crippen molar-refractivity contribution in [1.29, 1.82) is 0 Å². The monoisotopic (exact) mass is 988 g/mol. The fraction of sp³-hybridized carbons (Fsp3) is 0.226. The third-order valence-electron chi connectivity index (χ3n) is 13.3. The molecule has 10 heterocycles. The lowest BCUT2D eigenvalue weighted by molar-refractivity contribution is 0.391. The lowest BCUT2D eigenvalue weighted by atomic mass is 9.95. The minimum absolute atomic E-state index is 0.510. The van der Waals surface area contributed by atoms with Crippen molar-refractivity contribution in [3.05, 3.63) is 212 Å². The molecule has 0 N–H and O–H groups in total. The first-order valence-corrected chi connectivity index (χ1v) is 24.3. The highest BCUT2D eigenvalue weighted by Crippen LogP contribution is 2.40. The van der Waals surface area contributed by atoms with E-state index in [2.05, 4.69) is 44.7 Å². The number of nitrogens with zero attached hydrogens (tertiary/aromatic N) is 4. The molecule has 0 unspecified atom stereocenters. The van der Waals surface area contributed by atoms with Gasteiger partial charge in [0.25, 0.3) is 0 Å². The Morgan fingerprint density at radius 2 is 0.405 bits per heavy atom. The zero-order valence-corrected chi connectivity index (χ0v) is 43.2. The van der Waals surface area contributed by atoms with Crippen molar-refractivity contribution in [2.75, 3.05) is 56.9 Å². The summed E-state index contributed by atoms with van der Waals surface area (Å²) in [7, 11) is 13.5. The van der Waals surface area contributed by atoms with Gasteiger partial charge in [0.15, 0.2) is 0 Å². The summed E-state index contributed by atoms with van der Waals surface area (Å²) in [5, 5.41) is 18.7. The quantitative estimate of drug-likeness (QED) is 0.147. The van der Waals surface area contributed by atoms with Crippen LogP contribution in [0.4, 0.5) is 22.7 Å². The normalized spacial score (nSPS) is 12.4. The van der Waals surface area contributed by atoms with Crippen LogP contribution < -0.4 is 37.9 Å². The third-order valence-corrected chi connectivity index (χ3v) is 13.3. The molecular weight excluding hydrogens is 929 g/mol. The first-order valence-electron chi connectivity index (χ1n) is 24.3. The summed E-state index contributed by atoms with van der Waals surface area (Å²) in [6, 6.07) is 48.6. The van der Waals surface area contributed by atoms with Crippen LogP contribution >= 0.6 is 0 Å². The van der Waals surface area contributed by atoms with Crippen LogP contribution in [0.1, 0.15) is 66.8 Å². The van der Waals surface area contributed by atoms with Gasteiger partial charge in [0, 0.05) is 83.0 Å². The molecule has 74 heavy (non-hydrogen) atoms. The second kappa shape index (κ2) is 23.3. The second-order valence-corrected chi connectivity index (χ2v) is 18.0. The molecule has 0 radical (unpaired) electrons. The summed E-state index contributed by atoms with van der Waals surface area (Å²) in [6.07, 6.45) is 3.35. The van der Waals surface area contributed by atoms with Crippen LogP contribution in [0.5, 0.6) is 46.0 Å². The maximum Gasteiger partial charge on any atom is 0.122 e. The SMILES string of the molecule is COc1cc2c(OC)cc1Cc1cccc(c1)N=Nc1cccc(c1)Cc1cc(OC)c(cc1OC)Cc1cc(OC)c(cc1OC)Cc1cccc(c1)N=Nc1cccc(c1)Cc1cc(OC)c(cc1OC)C2. The van der Waals surface area contributed by atoms with E-state index in [0.717, 1.165) is 136 Å². The number of benzene rings is 8. The minimum Gasteiger partial charge on any atom is -0.496 e. The van der Waals surface area contributed by atoms with Gasteiger partial charge in [-0.3, -0.25) is 0 Å². The molecule has 18 rings (SSSR count). The van der Waals surface area contributed by atoms with E-state index in [9.17, 15) is 0 Å². The molecule has 0 saturated heterocycles. The molecule has 8 aromatic carbocycles. The number of hydrogen-bond acceptors (Lipinski definition) is 12. The van der Waals surface area contributed by atoms with E-state index in [1.54, 1.807) is 56.9 Å². The van der Waals surface area contributed by atoms with Crippen LogP contribution in [-0.4, -0.2) is 56.9 Å². The molecule has 12 nitrogen and oxygen atoms in total. The lowest BCUT2D eigenvalue weighted by Gasteiger charge is -2.18. The summed E-state index contributed by atoms with van der Waals surface area (Å²) in [5.74, 6) is 5.93. The molecule has 10 aliphatic rings. The molecule has 0 fully saturated rings. The van der Waals surface area contributed by atoms with E-state index in [1.807, 2.05) is 121 Å². The van der Waals surface area contributed by atoms with Gasteiger partial charge in [-0.05, 0) is 119 Å². The first-order chi connectivity index (χ1) is 36.2. The molecule has 0 aromatic heterocycles. The van der Waals surface area contributed by atoms with Crippen molar-refractivity contribution < 1.29 is 37.9 Å². The van der Waals surface area contributed by atoms with Crippen LogP contribution in [0, 0.1) is 0 Å². The molecule has 10 aliphatic heterocycles. The highest BCUT2D eigenvalue weighted by molar-refractivity contribution is 5.58. The van der Waals surface area contributed by atoms with Crippen LogP contribution in [0.2, 0.25) is 0 Å². The van der Waals surface area contributed by atoms with Gasteiger partial charge in [0.05, 0.1) is 79.6 Å². The van der Waals surface area contributed by atoms with Crippen molar-refractivity contribution in [3.8, 4) is 46.0 Å². The zero-order valence-electron chi connectivity index (χ0n) is 43.2. The average Bonchev–Trinajstić information content (AvgIpc) is 3.43. The number of azo groups is 2. The molecule has 376 valence electrons. The average molecular weight is 989 g/mol. The van der Waals surface area contributed by atoms with Crippen molar-refractivity contribution in [2.24, 2.45) is 20.5 Å². The Morgan fingerprint density at radius 1 is 0.230 bits per heavy atom. The molecule has 8 aromatic rings. The van der Waals surface area contributed by atoms with Crippen LogP contribution in [0.3, 0.4) is 0 Å². The largest absolute Gasteiger partial charge is 0.496 e. The summed E-state index contributed by atoms with van der Waals surface area (Å²) in [5.41, 5.74) is 14.7. The van der Waals surface area contributed by atoms with Gasteiger partial charge < -0.3 is 37.9 Å². The summed E-state index contributed by atoms with van der Waals surface area (Å²) >= 11 is 0. The maximum absolute atomic E-state index is 6.02. The molecule has 0 atom stereocenters. The fourth-order valence-electron chi connectivity index (χ4n) is 9.64. The second-order valence-electron chi connectivity index (χ2n) is 18.0. The van der Waals surface area contributed by atoms with Gasteiger partial charge in [-0.1, -0.05) is 48.5 Å². The zero-order chi connectivity index (χ0) is 51.6. The molecule has 0 spiro atoms. The van der Waals surface area contributed by atoms with E-state index in [4.69, 9.17) is 37.9 Å². The van der Waals surface area contributed by atoms with Crippen LogP contribution in [0.15, 0.2) is 166 Å². The van der Waals surface area contributed by atoms with E-state index < -0.39 is 0 Å². The van der Waals surface area contributed by atoms with E-state index >= 15 is 0 Å². The molecule has 16 bridgehead atoms. The minimum atomic E-state index is 0.510. The van der Waals surface area contributed by atoms with Crippen LogP contribution in [-0.2, 0) is 38.5 Å². The topological polar surface area (TPSA) is 123 Å². The number of hydrogen-bond donors (Lipinski definition) is 0. The Hall–Kier alpha value is -8.64. The van der Waals surface area contributed by atoms with E-state index in [1.165, 1.54) is 0 Å². The van der Waals surface area contributed by atoms with Gasteiger partial charge in [0.2, 0.25) is 0 Å². The van der Waals surface area contributed by atoms with E-state index in [-0.39, 0.29) is 0 Å². The smallest absolute Gasteiger partial charge is 0.122 e. The first kappa shape index (κ1) is 50.3. The van der Waals surface area contributed by atoms with Crippen LogP contribution in [0.25, 0.3) is 0 Å². The summed E-state index contributed by atoms with van der Waals surface area (Å²) in [4.78, 5) is 0. The number of methoxy groups -OCH3 is 8. The Labute approximate surface area is 433 Å². The van der Waals surface area contributed by atoms with Crippen molar-refractivity contribution in [2.45, 2.75) is 38.5 Å². The van der Waals surface area contributed by atoms with Gasteiger partial charge >= 0.3 is 0 Å². The van der Waals surface area contributed by atoms with Gasteiger partial charge in [0.1, 0.15) is 46.0 Å². The summed E-state index contributed by atoms with van der Waals surface area (Å²) in [6.45, 7) is 0. The predicted octanol–water partition coefficient (Wildman–Crippen LogP) is 14.4. The Balaban J connectivity index is 1.10. The van der Waals surface area contributed by atoms with Crippen molar-refractivity contribution in [3.63, 3.8) is 0 Å². The number of rotatable bonds is 8. The van der Waals surface area contributed by atoms with Gasteiger partial charge in [-0.2, -0.15) is 20.5 Å². The Bertz CT molecular complexity index is 2930. The number of ether oxygens (including phenoxy) is 8. The Morgan fingerprint density at radius 3 is 0.581 bits per heavy atom. The maximum atomic E-state index is 6.02. The molecule has 0 amide bonds. The van der Waals surface area contributed by atoms with Gasteiger partial charge in [-0.25, -0.2) is 0 Å². The highest BCUT2D eigenvalue weighted by Gasteiger charge is 2.20. The summed E-state index contributed by atoms with van der Waals surface area (Å²) < 4.78 is 48.2. The highest BCUT2D eigenvalue weighted by atomic mass is 16.5. The fourth-order valence-corrected chi connectivity index (χ4v) is 9.64. The molecule has 0 saturated carbocycles. The third kappa shape index (κ3) is 11.7. The molecule has 12 heteroatoms. The standard InChI is InChI=1S/C62H60N4O8/c1-67-55-35-47-29-48-36-56(68-2)44(32-60(48)72-6)22-40-14-11-19-53(27-40)65-66-54-20-12-16-42(28-54)24-46-34-62(74-8)50(38-58(46)70-4)30-49-37-57(69-3)45(33-61(49)73-7)23-41-15-10-18-52(26-41)64-63-51-17-9-13-39(25-51)21-43(55)31-59(47)71-5/h9-20,25-28,31-38H,21-24,29-30H2,1-8H3. The molecule has 0 aliphatic carbocycles.